The maximum Gasteiger partial charge on any atom is 0.274 e. The number of ketones is 2. The highest BCUT2D eigenvalue weighted by molar-refractivity contribution is 7.07. The van der Waals surface area contributed by atoms with Gasteiger partial charge in [0.15, 0.2) is 11.6 Å². The molecular formula is C36H28N2O5S. The topological polar surface area (TPSA) is 101 Å². The van der Waals surface area contributed by atoms with E-state index in [2.05, 4.69) is 0 Å². The maximum absolute atomic E-state index is 14.5. The van der Waals surface area contributed by atoms with Gasteiger partial charge in [-0.3, -0.25) is 19.0 Å². The Kier molecular flexibility index (Phi) is 7.83. The molecule has 5 aromatic rings. The number of Topliss-reactive ketones (excluding diaryl/α,β-unsaturated/α-hetero) is 2. The highest BCUT2D eigenvalue weighted by Gasteiger charge is 2.39. The molecule has 1 aromatic heterocycles. The maximum atomic E-state index is 14.5. The molecule has 8 heteroatoms. The van der Waals surface area contributed by atoms with Crippen LogP contribution in [0.3, 0.4) is 0 Å². The number of nitrogens with two attached hydrogens (primary N) is 1. The molecule has 1 atom stereocenters. The van der Waals surface area contributed by atoms with Crippen LogP contribution in [-0.2, 0) is 0 Å². The van der Waals surface area contributed by atoms with E-state index < -0.39 is 11.5 Å². The van der Waals surface area contributed by atoms with E-state index in [-0.39, 0.29) is 23.0 Å². The number of hydrogen-bond acceptors (Lipinski definition) is 7. The van der Waals surface area contributed by atoms with Crippen molar-refractivity contribution in [3.8, 4) is 11.5 Å². The Labute approximate surface area is 257 Å². The molecule has 0 amide bonds. The molecule has 1 aliphatic rings. The fraction of sp³-hybridized carbons (Fsp3) is 0.0833. The summed E-state index contributed by atoms with van der Waals surface area (Å²) in [6, 6.07) is 32.0. The quantitative estimate of drug-likeness (QED) is 0.262. The van der Waals surface area contributed by atoms with E-state index in [1.165, 1.54) is 15.9 Å². The number of fused-ring (bicyclic) bond motifs is 1. The minimum absolute atomic E-state index is 0.00471. The van der Waals surface area contributed by atoms with Crippen molar-refractivity contribution in [1.82, 2.24) is 4.57 Å². The summed E-state index contributed by atoms with van der Waals surface area (Å²) in [5.41, 5.74) is 9.11. The summed E-state index contributed by atoms with van der Waals surface area (Å²) in [4.78, 5) is 42.8. The highest BCUT2D eigenvalue weighted by atomic mass is 32.1. The van der Waals surface area contributed by atoms with Crippen molar-refractivity contribution >= 4 is 40.4 Å². The molecule has 0 saturated heterocycles. The van der Waals surface area contributed by atoms with Gasteiger partial charge in [0.25, 0.3) is 5.56 Å². The first-order valence-electron chi connectivity index (χ1n) is 13.9. The zero-order valence-corrected chi connectivity index (χ0v) is 24.8. The van der Waals surface area contributed by atoms with Crippen molar-refractivity contribution in [2.24, 2.45) is 5.73 Å². The second-order valence-electron chi connectivity index (χ2n) is 10.1. The second kappa shape index (κ2) is 12.0. The first kappa shape index (κ1) is 28.6. The van der Waals surface area contributed by atoms with Crippen LogP contribution in [0.5, 0.6) is 11.5 Å². The molecule has 4 aromatic carbocycles. The van der Waals surface area contributed by atoms with E-state index in [0.717, 1.165) is 5.56 Å². The fourth-order valence-corrected chi connectivity index (χ4v) is 6.54. The predicted molar refractivity (Wildman–Crippen MR) is 172 cm³/mol. The molecule has 0 radical (unpaired) electrons. The Bertz CT molecular complexity index is 2080. The molecule has 0 bridgehead atoms. The summed E-state index contributed by atoms with van der Waals surface area (Å²) in [7, 11) is 3.15. The Balaban J connectivity index is 1.70. The third-order valence-electron chi connectivity index (χ3n) is 7.57. The van der Waals surface area contributed by atoms with Crippen LogP contribution in [0.15, 0.2) is 120 Å². The SMILES string of the molecule is COc1ccc(C=c2sc3n(c2=O)C(N)=C(C(=O)c2ccccc2)C(c2ccc(OC)cc2)C=3C(=O)c2ccccc2)cc1. The van der Waals surface area contributed by atoms with Crippen LogP contribution in [0.1, 0.15) is 37.8 Å². The van der Waals surface area contributed by atoms with Crippen LogP contribution in [0.2, 0.25) is 0 Å². The van der Waals surface area contributed by atoms with E-state index >= 15 is 0 Å². The number of rotatable bonds is 8. The summed E-state index contributed by atoms with van der Waals surface area (Å²) in [5.74, 6) is -0.220. The van der Waals surface area contributed by atoms with Gasteiger partial charge in [0, 0.05) is 22.6 Å². The van der Waals surface area contributed by atoms with Crippen LogP contribution in [0.4, 0.5) is 0 Å². The summed E-state index contributed by atoms with van der Waals surface area (Å²) in [6.45, 7) is 0. The van der Waals surface area contributed by atoms with Crippen LogP contribution in [0, 0.1) is 0 Å². The molecule has 0 spiro atoms. The lowest BCUT2D eigenvalue weighted by Gasteiger charge is -2.28. The van der Waals surface area contributed by atoms with Crippen LogP contribution < -0.4 is 30.0 Å². The number of nitrogens with zero attached hydrogens (tertiary/aromatic N) is 1. The molecule has 7 nitrogen and oxygen atoms in total. The van der Waals surface area contributed by atoms with Crippen molar-refractivity contribution < 1.29 is 19.1 Å². The van der Waals surface area contributed by atoms with Crippen molar-refractivity contribution in [2.45, 2.75) is 5.92 Å². The average molecular weight is 601 g/mol. The number of ether oxygens (including phenoxy) is 2. The summed E-state index contributed by atoms with van der Waals surface area (Å²) in [5, 5.41) is 0. The van der Waals surface area contributed by atoms with Gasteiger partial charge in [-0.25, -0.2) is 0 Å². The molecule has 2 N–H and O–H groups in total. The smallest absolute Gasteiger partial charge is 0.274 e. The minimum atomic E-state index is -0.854. The molecule has 0 aliphatic carbocycles. The Morgan fingerprint density at radius 2 is 1.23 bits per heavy atom. The molecule has 44 heavy (non-hydrogen) atoms. The minimum Gasteiger partial charge on any atom is -0.497 e. The Morgan fingerprint density at radius 3 is 1.75 bits per heavy atom. The number of carbonyl (C=O) groups excluding carboxylic acids is 2. The number of methoxy groups -OCH3 is 2. The number of benzene rings is 4. The van der Waals surface area contributed by atoms with Gasteiger partial charge in [-0.1, -0.05) is 84.9 Å². The molecule has 2 heterocycles. The number of carbonyl (C=O) groups is 2. The molecule has 6 rings (SSSR count). The summed E-state index contributed by atoms with van der Waals surface area (Å²) < 4.78 is 12.7. The average Bonchev–Trinajstić information content (AvgIpc) is 3.40. The first-order chi connectivity index (χ1) is 21.4. The predicted octanol–water partition coefficient (Wildman–Crippen LogP) is 4.60. The van der Waals surface area contributed by atoms with Crippen molar-refractivity contribution in [1.29, 1.82) is 0 Å². The van der Waals surface area contributed by atoms with Crippen molar-refractivity contribution in [2.75, 3.05) is 14.2 Å². The lowest BCUT2D eigenvalue weighted by atomic mass is 9.77. The number of allylic oxidation sites excluding steroid dienone is 1. The standard InChI is InChI=1S/C36H28N2O5S/c1-42-26-17-13-22(14-18-26)21-28-35(41)38-34(37)30(32(39)24-9-5-3-6-10-24)29(23-15-19-27(43-2)20-16-23)31(36(38)44-28)33(40)25-11-7-4-8-12-25/h3-21,29H,37H2,1-2H3. The number of aromatic nitrogens is 1. The van der Waals surface area contributed by atoms with Gasteiger partial charge in [0.05, 0.1) is 24.3 Å². The molecule has 0 fully saturated rings. The highest BCUT2D eigenvalue weighted by Crippen LogP contribution is 2.40. The monoisotopic (exact) mass is 600 g/mol. The van der Waals surface area contributed by atoms with Gasteiger partial charge in [-0.15, -0.1) is 11.3 Å². The zero-order valence-electron chi connectivity index (χ0n) is 24.0. The van der Waals surface area contributed by atoms with Gasteiger partial charge >= 0.3 is 0 Å². The van der Waals surface area contributed by atoms with Gasteiger partial charge in [-0.05, 0) is 41.5 Å². The second-order valence-corrected chi connectivity index (χ2v) is 11.2. The third-order valence-corrected chi connectivity index (χ3v) is 8.68. The van der Waals surface area contributed by atoms with Crippen molar-refractivity contribution in [3.05, 3.63) is 157 Å². The van der Waals surface area contributed by atoms with Crippen LogP contribution in [0.25, 0.3) is 17.5 Å². The normalized spacial score (nSPS) is 14.7. The zero-order chi connectivity index (χ0) is 30.8. The van der Waals surface area contributed by atoms with E-state index in [1.54, 1.807) is 93.1 Å². The molecule has 218 valence electrons. The summed E-state index contributed by atoms with van der Waals surface area (Å²) in [6.07, 6.45) is 1.75. The molecule has 1 unspecified atom stereocenters. The van der Waals surface area contributed by atoms with Gasteiger partial charge < -0.3 is 15.2 Å². The largest absolute Gasteiger partial charge is 0.497 e. The Morgan fingerprint density at radius 1 is 0.727 bits per heavy atom. The van der Waals surface area contributed by atoms with E-state index in [0.29, 0.717) is 43.0 Å². The van der Waals surface area contributed by atoms with Crippen LogP contribution >= 0.6 is 11.3 Å². The third kappa shape index (κ3) is 5.16. The van der Waals surface area contributed by atoms with Gasteiger partial charge in [0.2, 0.25) is 0 Å². The van der Waals surface area contributed by atoms with Gasteiger partial charge in [0.1, 0.15) is 22.0 Å². The van der Waals surface area contributed by atoms with Crippen LogP contribution in [-0.4, -0.2) is 30.4 Å². The lowest BCUT2D eigenvalue weighted by Crippen LogP contribution is -2.41. The lowest BCUT2D eigenvalue weighted by molar-refractivity contribution is 0.102. The van der Waals surface area contributed by atoms with E-state index in [1.807, 2.05) is 36.4 Å². The number of thiazole rings is 1. The van der Waals surface area contributed by atoms with Crippen molar-refractivity contribution in [3.63, 3.8) is 0 Å². The van der Waals surface area contributed by atoms with E-state index in [4.69, 9.17) is 15.2 Å². The molecule has 0 saturated carbocycles. The van der Waals surface area contributed by atoms with E-state index in [9.17, 15) is 14.4 Å². The number of hydrogen-bond donors (Lipinski definition) is 1. The molecular weight excluding hydrogens is 572 g/mol. The van der Waals surface area contributed by atoms with Gasteiger partial charge in [-0.2, -0.15) is 0 Å². The first-order valence-corrected chi connectivity index (χ1v) is 14.7. The Hall–Kier alpha value is -5.47. The summed E-state index contributed by atoms with van der Waals surface area (Å²) >= 11 is 1.17. The molecule has 1 aliphatic heterocycles. The fourth-order valence-electron chi connectivity index (χ4n) is 5.36.